The van der Waals surface area contributed by atoms with Gasteiger partial charge in [-0.25, -0.2) is 4.79 Å². The van der Waals surface area contributed by atoms with Gasteiger partial charge in [-0.05, 0) is 37.5 Å². The van der Waals surface area contributed by atoms with Crippen molar-refractivity contribution in [2.45, 2.75) is 53.1 Å². The number of hydrogen-bond acceptors (Lipinski definition) is 3. The zero-order valence-electron chi connectivity index (χ0n) is 11.9. The van der Waals surface area contributed by atoms with Gasteiger partial charge in [0.15, 0.2) is 0 Å². The van der Waals surface area contributed by atoms with Gasteiger partial charge in [0, 0.05) is 5.41 Å². The van der Waals surface area contributed by atoms with Crippen LogP contribution < -0.4 is 0 Å². The highest BCUT2D eigenvalue weighted by atomic mass is 16.5. The van der Waals surface area contributed by atoms with Gasteiger partial charge in [0.2, 0.25) is 0 Å². The molecular formula is C15H24O3. The van der Waals surface area contributed by atoms with Crippen LogP contribution in [-0.4, -0.2) is 18.7 Å². The van der Waals surface area contributed by atoms with E-state index in [1.165, 1.54) is 18.8 Å². The van der Waals surface area contributed by atoms with Crippen molar-refractivity contribution in [2.75, 3.05) is 6.61 Å². The zero-order valence-corrected chi connectivity index (χ0v) is 11.9. The highest BCUT2D eigenvalue weighted by Crippen LogP contribution is 2.66. The third-order valence-electron chi connectivity index (χ3n) is 5.44. The van der Waals surface area contributed by atoms with E-state index in [4.69, 9.17) is 9.47 Å². The molecule has 2 aliphatic rings. The molecule has 0 heterocycles. The molecule has 0 N–H and O–H groups in total. The Hall–Kier alpha value is -0.990. The quantitative estimate of drug-likeness (QED) is 0.437. The van der Waals surface area contributed by atoms with Crippen LogP contribution in [-0.2, 0) is 14.3 Å². The summed E-state index contributed by atoms with van der Waals surface area (Å²) in [5, 5.41) is 0. The zero-order chi connectivity index (χ0) is 13.4. The summed E-state index contributed by atoms with van der Waals surface area (Å²) < 4.78 is 10.6. The van der Waals surface area contributed by atoms with Crippen LogP contribution in [0.25, 0.3) is 0 Å². The number of carbonyl (C=O) groups excluding carboxylic acids is 1. The van der Waals surface area contributed by atoms with Crippen LogP contribution in [0.4, 0.5) is 0 Å². The predicted molar refractivity (Wildman–Crippen MR) is 69.9 cm³/mol. The molecule has 3 atom stereocenters. The molecule has 0 amide bonds. The summed E-state index contributed by atoms with van der Waals surface area (Å²) >= 11 is 0. The average Bonchev–Trinajstić information content (AvgIpc) is 2.62. The number of ether oxygens (including phenoxy) is 2. The minimum absolute atomic E-state index is 0.0602. The Morgan fingerprint density at radius 1 is 1.39 bits per heavy atom. The summed E-state index contributed by atoms with van der Waals surface area (Å²) in [5.41, 5.74) is 0.411. The molecule has 3 unspecified atom stereocenters. The van der Waals surface area contributed by atoms with Crippen LogP contribution in [0, 0.1) is 16.7 Å². The summed E-state index contributed by atoms with van der Waals surface area (Å²) in [6.45, 7) is 9.35. The molecule has 18 heavy (non-hydrogen) atoms. The van der Waals surface area contributed by atoms with Crippen molar-refractivity contribution in [1.82, 2.24) is 0 Å². The van der Waals surface area contributed by atoms with Gasteiger partial charge in [-0.3, -0.25) is 0 Å². The fourth-order valence-corrected chi connectivity index (χ4v) is 3.69. The lowest BCUT2D eigenvalue weighted by molar-refractivity contribution is -0.150. The molecule has 2 rings (SSSR count). The van der Waals surface area contributed by atoms with E-state index < -0.39 is 0 Å². The molecule has 0 saturated heterocycles. The van der Waals surface area contributed by atoms with Gasteiger partial charge >= 0.3 is 5.97 Å². The molecule has 0 aromatic rings. The van der Waals surface area contributed by atoms with Crippen LogP contribution >= 0.6 is 0 Å². The van der Waals surface area contributed by atoms with E-state index in [9.17, 15) is 4.79 Å². The molecule has 0 aromatic carbocycles. The average molecular weight is 252 g/mol. The molecular weight excluding hydrogens is 228 g/mol. The van der Waals surface area contributed by atoms with Gasteiger partial charge in [0.1, 0.15) is 6.10 Å². The Morgan fingerprint density at radius 3 is 2.61 bits per heavy atom. The van der Waals surface area contributed by atoms with Crippen molar-refractivity contribution in [3.05, 3.63) is 12.3 Å². The number of rotatable bonds is 4. The minimum Gasteiger partial charge on any atom is -0.501 e. The third-order valence-corrected chi connectivity index (χ3v) is 5.44. The Balaban J connectivity index is 1.98. The van der Waals surface area contributed by atoms with Crippen LogP contribution in [0.5, 0.6) is 0 Å². The van der Waals surface area contributed by atoms with E-state index >= 15 is 0 Å². The van der Waals surface area contributed by atoms with Crippen molar-refractivity contribution in [3.8, 4) is 0 Å². The van der Waals surface area contributed by atoms with Gasteiger partial charge in [-0.1, -0.05) is 20.8 Å². The minimum atomic E-state index is -0.280. The molecule has 102 valence electrons. The molecule has 2 saturated carbocycles. The van der Waals surface area contributed by atoms with Crippen LogP contribution in [0.1, 0.15) is 47.0 Å². The summed E-state index contributed by atoms with van der Waals surface area (Å²) in [6.07, 6.45) is 6.31. The maximum absolute atomic E-state index is 11.7. The van der Waals surface area contributed by atoms with Gasteiger partial charge in [0.25, 0.3) is 0 Å². The Labute approximate surface area is 110 Å². The standard InChI is InChI=1S/C15H24O3/c1-5-17-9-7-13(16)18-12-10-11-6-8-15(12,4)14(11,2)3/h7,9,11-12H,5-6,8,10H2,1-4H3. The van der Waals surface area contributed by atoms with Crippen molar-refractivity contribution in [3.63, 3.8) is 0 Å². The second-order valence-corrected chi connectivity index (χ2v) is 6.29. The third kappa shape index (κ3) is 1.94. The van der Waals surface area contributed by atoms with Crippen LogP contribution in [0.2, 0.25) is 0 Å². The fraction of sp³-hybridized carbons (Fsp3) is 0.800. The molecule has 0 spiro atoms. The number of hydrogen-bond donors (Lipinski definition) is 0. The molecule has 3 heteroatoms. The Kier molecular flexibility index (Phi) is 3.43. The highest BCUT2D eigenvalue weighted by molar-refractivity contribution is 5.81. The van der Waals surface area contributed by atoms with E-state index in [1.54, 1.807) is 0 Å². The number of fused-ring (bicyclic) bond motifs is 2. The maximum Gasteiger partial charge on any atom is 0.334 e. The van der Waals surface area contributed by atoms with E-state index in [1.807, 2.05) is 6.92 Å². The molecule has 2 aliphatic carbocycles. The first kappa shape index (κ1) is 13.4. The van der Waals surface area contributed by atoms with Crippen LogP contribution in [0.3, 0.4) is 0 Å². The smallest absolute Gasteiger partial charge is 0.334 e. The number of carbonyl (C=O) groups is 1. The largest absolute Gasteiger partial charge is 0.501 e. The van der Waals surface area contributed by atoms with Gasteiger partial charge < -0.3 is 9.47 Å². The SMILES string of the molecule is CCOC=CC(=O)OC1CC2CCC1(C)C2(C)C. The van der Waals surface area contributed by atoms with E-state index in [0.717, 1.165) is 12.8 Å². The van der Waals surface area contributed by atoms with E-state index in [-0.39, 0.29) is 22.9 Å². The lowest BCUT2D eigenvalue weighted by Crippen LogP contribution is -2.38. The van der Waals surface area contributed by atoms with Crippen molar-refractivity contribution in [2.24, 2.45) is 16.7 Å². The lowest BCUT2D eigenvalue weighted by atomic mass is 9.70. The normalized spacial score (nSPS) is 37.1. The van der Waals surface area contributed by atoms with Gasteiger partial charge in [-0.15, -0.1) is 0 Å². The Morgan fingerprint density at radius 2 is 2.11 bits per heavy atom. The molecule has 2 fully saturated rings. The first-order chi connectivity index (χ1) is 8.41. The molecule has 0 aliphatic heterocycles. The van der Waals surface area contributed by atoms with Crippen LogP contribution in [0.15, 0.2) is 12.3 Å². The van der Waals surface area contributed by atoms with Crippen molar-refractivity contribution < 1.29 is 14.3 Å². The highest BCUT2D eigenvalue weighted by Gasteiger charge is 2.62. The topological polar surface area (TPSA) is 35.5 Å². The monoisotopic (exact) mass is 252 g/mol. The van der Waals surface area contributed by atoms with Crippen molar-refractivity contribution >= 4 is 5.97 Å². The second-order valence-electron chi connectivity index (χ2n) is 6.29. The molecule has 3 nitrogen and oxygen atoms in total. The van der Waals surface area contributed by atoms with E-state index in [2.05, 4.69) is 20.8 Å². The Bertz CT molecular complexity index is 359. The van der Waals surface area contributed by atoms with Gasteiger partial charge in [0.05, 0.1) is 18.9 Å². The fourth-order valence-electron chi connectivity index (χ4n) is 3.69. The summed E-state index contributed by atoms with van der Waals surface area (Å²) in [7, 11) is 0. The van der Waals surface area contributed by atoms with Crippen molar-refractivity contribution in [1.29, 1.82) is 0 Å². The maximum atomic E-state index is 11.7. The van der Waals surface area contributed by atoms with Gasteiger partial charge in [-0.2, -0.15) is 0 Å². The summed E-state index contributed by atoms with van der Waals surface area (Å²) in [4.78, 5) is 11.7. The number of esters is 1. The molecule has 0 aromatic heterocycles. The molecule has 0 radical (unpaired) electrons. The predicted octanol–water partition coefficient (Wildman–Crippen LogP) is 3.29. The second kappa shape index (κ2) is 4.60. The lowest BCUT2D eigenvalue weighted by Gasteiger charge is -2.38. The first-order valence-electron chi connectivity index (χ1n) is 6.90. The van der Waals surface area contributed by atoms with E-state index in [0.29, 0.717) is 12.5 Å². The summed E-state index contributed by atoms with van der Waals surface area (Å²) in [6, 6.07) is 0. The summed E-state index contributed by atoms with van der Waals surface area (Å²) in [5.74, 6) is 0.411. The first-order valence-corrected chi connectivity index (χ1v) is 6.90. The molecule has 2 bridgehead atoms.